The molecule has 0 spiro atoms. The number of hydrogen-bond acceptors (Lipinski definition) is 4. The summed E-state index contributed by atoms with van der Waals surface area (Å²) in [5.41, 5.74) is 0. The van der Waals surface area contributed by atoms with E-state index in [0.29, 0.717) is 31.8 Å². The van der Waals surface area contributed by atoms with Gasteiger partial charge in [0.1, 0.15) is 5.76 Å². The zero-order valence-corrected chi connectivity index (χ0v) is 13.6. The Bertz CT molecular complexity index is 626. The Kier molecular flexibility index (Phi) is 4.27. The maximum Gasteiger partial charge on any atom is 0.219 e. The summed E-state index contributed by atoms with van der Waals surface area (Å²) in [6, 6.07) is 3.42. The third kappa shape index (κ3) is 2.79. The molecule has 7 heteroatoms. The van der Waals surface area contributed by atoms with Crippen LogP contribution in [0.4, 0.5) is 0 Å². The summed E-state index contributed by atoms with van der Waals surface area (Å²) < 4.78 is 33.0. The molecule has 3 rings (SSSR count). The smallest absolute Gasteiger partial charge is 0.219 e. The van der Waals surface area contributed by atoms with Gasteiger partial charge in [-0.25, -0.2) is 8.42 Å². The van der Waals surface area contributed by atoms with Crippen molar-refractivity contribution in [2.45, 2.75) is 43.9 Å². The predicted molar refractivity (Wildman–Crippen MR) is 81.6 cm³/mol. The second-order valence-electron chi connectivity index (χ2n) is 6.06. The van der Waals surface area contributed by atoms with E-state index < -0.39 is 15.3 Å². The van der Waals surface area contributed by atoms with Crippen LogP contribution in [-0.2, 0) is 14.8 Å². The van der Waals surface area contributed by atoms with Gasteiger partial charge in [0.05, 0.1) is 17.6 Å². The van der Waals surface area contributed by atoms with Crippen LogP contribution in [0.1, 0.15) is 44.4 Å². The molecule has 0 bridgehead atoms. The molecule has 2 aliphatic rings. The molecular weight excluding hydrogens is 304 g/mol. The van der Waals surface area contributed by atoms with Gasteiger partial charge in [-0.05, 0) is 37.8 Å². The first kappa shape index (κ1) is 15.6. The Morgan fingerprint density at radius 1 is 1.27 bits per heavy atom. The molecule has 2 fully saturated rings. The molecule has 1 aromatic rings. The van der Waals surface area contributed by atoms with E-state index in [1.165, 1.54) is 6.92 Å². The normalized spacial score (nSPS) is 27.2. The molecule has 0 N–H and O–H groups in total. The summed E-state index contributed by atoms with van der Waals surface area (Å²) in [7, 11) is -3.42. The van der Waals surface area contributed by atoms with E-state index in [0.717, 1.165) is 19.3 Å². The number of carbonyl (C=O) groups excluding carboxylic acids is 1. The van der Waals surface area contributed by atoms with Gasteiger partial charge in [-0.3, -0.25) is 4.79 Å². The maximum atomic E-state index is 13.0. The summed E-state index contributed by atoms with van der Waals surface area (Å²) in [6.07, 6.45) is 4.57. The first-order valence-corrected chi connectivity index (χ1v) is 9.30. The van der Waals surface area contributed by atoms with Crippen LogP contribution in [0.15, 0.2) is 22.8 Å². The quantitative estimate of drug-likeness (QED) is 0.848. The van der Waals surface area contributed by atoms with Crippen molar-refractivity contribution in [3.63, 3.8) is 0 Å². The highest BCUT2D eigenvalue weighted by molar-refractivity contribution is 7.89. The van der Waals surface area contributed by atoms with Gasteiger partial charge < -0.3 is 9.32 Å². The van der Waals surface area contributed by atoms with E-state index in [2.05, 4.69) is 0 Å². The molecule has 0 unspecified atom stereocenters. The molecule has 0 aliphatic carbocycles. The molecule has 2 aliphatic heterocycles. The lowest BCUT2D eigenvalue weighted by Gasteiger charge is -2.35. The first-order valence-electron chi connectivity index (χ1n) is 7.79. The van der Waals surface area contributed by atoms with Gasteiger partial charge in [0, 0.05) is 26.6 Å². The molecular formula is C15H22N2O4S. The van der Waals surface area contributed by atoms with Gasteiger partial charge in [0.25, 0.3) is 0 Å². The van der Waals surface area contributed by atoms with Crippen LogP contribution >= 0.6 is 0 Å². The van der Waals surface area contributed by atoms with Crippen molar-refractivity contribution in [1.29, 1.82) is 0 Å². The van der Waals surface area contributed by atoms with E-state index >= 15 is 0 Å². The van der Waals surface area contributed by atoms with Crippen LogP contribution in [0.25, 0.3) is 0 Å². The summed E-state index contributed by atoms with van der Waals surface area (Å²) >= 11 is 0. The molecule has 22 heavy (non-hydrogen) atoms. The van der Waals surface area contributed by atoms with E-state index in [4.69, 9.17) is 4.42 Å². The van der Waals surface area contributed by atoms with Gasteiger partial charge in [0.15, 0.2) is 0 Å². The van der Waals surface area contributed by atoms with Crippen molar-refractivity contribution in [2.75, 3.05) is 19.6 Å². The standard InChI is InChI=1S/C15H22N2O4S/c1-12(18)16-8-2-5-13(11-16)22(19,20)17-9-3-6-14(17)15-7-4-10-21-15/h4,7,10,13-14H,2-3,5-6,8-9,11H2,1H3/t13-,14+/m0/s1. The Morgan fingerprint density at radius 3 is 2.73 bits per heavy atom. The number of sulfonamides is 1. The highest BCUT2D eigenvalue weighted by atomic mass is 32.2. The average molecular weight is 326 g/mol. The van der Waals surface area contributed by atoms with Gasteiger partial charge in [-0.1, -0.05) is 0 Å². The minimum atomic E-state index is -3.42. The second kappa shape index (κ2) is 6.04. The molecule has 3 heterocycles. The fourth-order valence-corrected chi connectivity index (χ4v) is 5.63. The fraction of sp³-hybridized carbons (Fsp3) is 0.667. The van der Waals surface area contributed by atoms with Crippen LogP contribution in [0.3, 0.4) is 0 Å². The number of nitrogens with zero attached hydrogens (tertiary/aromatic N) is 2. The van der Waals surface area contributed by atoms with Gasteiger partial charge >= 0.3 is 0 Å². The number of rotatable bonds is 3. The topological polar surface area (TPSA) is 70.8 Å². The third-order valence-electron chi connectivity index (χ3n) is 4.65. The monoisotopic (exact) mass is 326 g/mol. The molecule has 122 valence electrons. The van der Waals surface area contributed by atoms with Crippen LogP contribution < -0.4 is 0 Å². The number of piperidine rings is 1. The molecule has 2 atom stereocenters. The number of hydrogen-bond donors (Lipinski definition) is 0. The molecule has 0 radical (unpaired) electrons. The number of carbonyl (C=O) groups is 1. The molecule has 0 saturated carbocycles. The number of furan rings is 1. The summed E-state index contributed by atoms with van der Waals surface area (Å²) in [5, 5.41) is -0.499. The van der Waals surface area contributed by atoms with Crippen LogP contribution in [0.5, 0.6) is 0 Å². The fourth-order valence-electron chi connectivity index (χ4n) is 3.47. The van der Waals surface area contributed by atoms with Crippen molar-refractivity contribution in [2.24, 2.45) is 0 Å². The first-order chi connectivity index (χ1) is 10.5. The van der Waals surface area contributed by atoms with E-state index in [1.54, 1.807) is 21.5 Å². The maximum absolute atomic E-state index is 13.0. The minimum Gasteiger partial charge on any atom is -0.468 e. The third-order valence-corrected chi connectivity index (χ3v) is 6.96. The zero-order chi connectivity index (χ0) is 15.7. The number of likely N-dealkylation sites (tertiary alicyclic amines) is 1. The lowest BCUT2D eigenvalue weighted by molar-refractivity contribution is -0.129. The van der Waals surface area contributed by atoms with Crippen molar-refractivity contribution in [1.82, 2.24) is 9.21 Å². The summed E-state index contributed by atoms with van der Waals surface area (Å²) in [4.78, 5) is 13.2. The van der Waals surface area contributed by atoms with Gasteiger partial charge in [-0.2, -0.15) is 4.31 Å². The highest BCUT2D eigenvalue weighted by Crippen LogP contribution is 2.36. The molecule has 6 nitrogen and oxygen atoms in total. The molecule has 1 aromatic heterocycles. The lowest BCUT2D eigenvalue weighted by atomic mass is 10.1. The summed E-state index contributed by atoms with van der Waals surface area (Å²) in [6.45, 7) is 2.99. The van der Waals surface area contributed by atoms with Crippen molar-refractivity contribution >= 4 is 15.9 Å². The largest absolute Gasteiger partial charge is 0.468 e. The van der Waals surface area contributed by atoms with Crippen LogP contribution in [-0.4, -0.2) is 48.4 Å². The molecule has 0 aromatic carbocycles. The van der Waals surface area contributed by atoms with Crippen molar-refractivity contribution in [3.05, 3.63) is 24.2 Å². The van der Waals surface area contributed by atoms with E-state index in [9.17, 15) is 13.2 Å². The average Bonchev–Trinajstić information content (AvgIpc) is 3.18. The molecule has 1 amide bonds. The Hall–Kier alpha value is -1.34. The number of amides is 1. The summed E-state index contributed by atoms with van der Waals surface area (Å²) in [5.74, 6) is 0.657. The Labute approximate surface area is 131 Å². The van der Waals surface area contributed by atoms with E-state index in [1.807, 2.05) is 6.07 Å². The van der Waals surface area contributed by atoms with Crippen molar-refractivity contribution in [3.8, 4) is 0 Å². The minimum absolute atomic E-state index is 0.0519. The van der Waals surface area contributed by atoms with Crippen LogP contribution in [0, 0.1) is 0 Å². The Balaban J connectivity index is 1.81. The predicted octanol–water partition coefficient (Wildman–Crippen LogP) is 1.76. The van der Waals surface area contributed by atoms with Gasteiger partial charge in [-0.15, -0.1) is 0 Å². The lowest BCUT2D eigenvalue weighted by Crippen LogP contribution is -2.48. The van der Waals surface area contributed by atoms with Gasteiger partial charge in [0.2, 0.25) is 15.9 Å². The van der Waals surface area contributed by atoms with Crippen LogP contribution in [0.2, 0.25) is 0 Å². The molecule has 2 saturated heterocycles. The van der Waals surface area contributed by atoms with E-state index in [-0.39, 0.29) is 11.9 Å². The second-order valence-corrected chi connectivity index (χ2v) is 8.22. The van der Waals surface area contributed by atoms with Crippen molar-refractivity contribution < 1.29 is 17.6 Å². The Morgan fingerprint density at radius 2 is 2.05 bits per heavy atom. The highest BCUT2D eigenvalue weighted by Gasteiger charge is 2.42. The SMILES string of the molecule is CC(=O)N1CCC[C@H](S(=O)(=O)N2CCC[C@@H]2c2ccco2)C1. The zero-order valence-electron chi connectivity index (χ0n) is 12.8.